The number of fused-ring (bicyclic) bond motifs is 3. The number of hydrogen-bond acceptors (Lipinski definition) is 4. The number of rotatable bonds is 9. The molecule has 0 saturated carbocycles. The second kappa shape index (κ2) is 17.9. The molecule has 0 unspecified atom stereocenters. The summed E-state index contributed by atoms with van der Waals surface area (Å²) in [6.45, 7) is 32.3. The van der Waals surface area contributed by atoms with Gasteiger partial charge < -0.3 is 19.1 Å². The van der Waals surface area contributed by atoms with Crippen molar-refractivity contribution in [2.75, 3.05) is 9.80 Å². The largest absolute Gasteiger partial charge is 0.509 e. The summed E-state index contributed by atoms with van der Waals surface area (Å²) in [7, 11) is 0. The van der Waals surface area contributed by atoms with Crippen LogP contribution in [0.5, 0.6) is 11.5 Å². The number of nitrogens with zero attached hydrogens (tertiary/aromatic N) is 4. The average molecular weight is 1080 g/mol. The summed E-state index contributed by atoms with van der Waals surface area (Å²) in [5.41, 5.74) is 11.8. The van der Waals surface area contributed by atoms with Gasteiger partial charge in [0.05, 0.1) is 0 Å². The van der Waals surface area contributed by atoms with Crippen molar-refractivity contribution < 1.29 is 25.8 Å². The Hall–Kier alpha value is -5.90. The van der Waals surface area contributed by atoms with Crippen LogP contribution in [0.3, 0.4) is 0 Å². The number of ether oxygens (including phenoxy) is 1. The van der Waals surface area contributed by atoms with Crippen LogP contribution >= 0.6 is 0 Å². The molecule has 5 nitrogen and oxygen atoms in total. The van der Waals surface area contributed by atoms with Crippen LogP contribution in [0.1, 0.15) is 118 Å². The number of allylic oxidation sites excluding steroid dienone is 2. The molecular formula is C62H65N4OPt-3. The van der Waals surface area contributed by atoms with Gasteiger partial charge in [-0.1, -0.05) is 180 Å². The molecule has 0 spiro atoms. The number of anilines is 2. The Morgan fingerprint density at radius 3 is 1.60 bits per heavy atom. The fourth-order valence-electron chi connectivity index (χ4n) is 9.71. The number of aromatic nitrogens is 2. The van der Waals surface area contributed by atoms with Gasteiger partial charge in [-0.25, -0.2) is 4.98 Å². The summed E-state index contributed by atoms with van der Waals surface area (Å²) >= 11 is 0. The Bertz CT molecular complexity index is 3060. The van der Waals surface area contributed by atoms with Crippen molar-refractivity contribution in [3.05, 3.63) is 210 Å². The van der Waals surface area contributed by atoms with Crippen LogP contribution in [0.4, 0.5) is 11.4 Å². The van der Waals surface area contributed by atoms with Gasteiger partial charge in [-0.2, -0.15) is 12.1 Å². The molecule has 0 aliphatic carbocycles. The Morgan fingerprint density at radius 1 is 0.471 bits per heavy atom. The molecule has 9 rings (SSSR count). The monoisotopic (exact) mass is 1080 g/mol. The molecule has 0 amide bonds. The molecule has 0 bridgehead atoms. The van der Waals surface area contributed by atoms with Crippen molar-refractivity contribution in [1.29, 1.82) is 0 Å². The third-order valence-corrected chi connectivity index (χ3v) is 13.6. The molecule has 0 radical (unpaired) electrons. The topological polar surface area (TPSA) is 33.5 Å². The smallest absolute Gasteiger partial charge is 0.135 e. The third-order valence-electron chi connectivity index (χ3n) is 13.6. The zero-order chi connectivity index (χ0) is 47.7. The second-order valence-electron chi connectivity index (χ2n) is 22.4. The predicted octanol–water partition coefficient (Wildman–Crippen LogP) is 16.3. The van der Waals surface area contributed by atoms with E-state index < -0.39 is 0 Å². The SMILES string of the molecule is CC(C)(C)C1=C(C(C)(C)C)N(c2cc(C(C)(C)c3ccccc3)cc(C(C)(C)c3ccccc3)c2)[CH-]N1c1[c-]c(Oc2[c-]c3c(cc2)c2cc(C(C)(C)C)ccc2n3-c2ccccn2)ccc1.[Pt]. The summed E-state index contributed by atoms with van der Waals surface area (Å²) in [4.78, 5) is 9.56. The molecule has 0 atom stereocenters. The van der Waals surface area contributed by atoms with Crippen molar-refractivity contribution in [2.45, 2.75) is 106 Å². The van der Waals surface area contributed by atoms with Crippen LogP contribution in [0.15, 0.2) is 163 Å². The van der Waals surface area contributed by atoms with Crippen molar-refractivity contribution in [3.63, 3.8) is 0 Å². The van der Waals surface area contributed by atoms with Crippen LogP contribution in [0.2, 0.25) is 0 Å². The van der Waals surface area contributed by atoms with Crippen LogP contribution < -0.4 is 14.5 Å². The normalized spacial score (nSPS) is 14.0. The first kappa shape index (κ1) is 48.6. The summed E-state index contributed by atoms with van der Waals surface area (Å²) in [5.74, 6) is 2.06. The Morgan fingerprint density at radius 2 is 1.04 bits per heavy atom. The van der Waals surface area contributed by atoms with Gasteiger partial charge in [0.2, 0.25) is 0 Å². The van der Waals surface area contributed by atoms with E-state index in [1.54, 1.807) is 0 Å². The van der Waals surface area contributed by atoms with Crippen molar-refractivity contribution >= 4 is 33.2 Å². The van der Waals surface area contributed by atoms with E-state index >= 15 is 0 Å². The van der Waals surface area contributed by atoms with E-state index in [0.717, 1.165) is 33.6 Å². The van der Waals surface area contributed by atoms with E-state index in [9.17, 15) is 0 Å². The van der Waals surface area contributed by atoms with Gasteiger partial charge in [-0.05, 0) is 69.0 Å². The van der Waals surface area contributed by atoms with Crippen LogP contribution in [0, 0.1) is 29.6 Å². The Kier molecular flexibility index (Phi) is 12.8. The summed E-state index contributed by atoms with van der Waals surface area (Å²) in [6.07, 6.45) is 1.84. The van der Waals surface area contributed by atoms with Gasteiger partial charge in [-0.15, -0.1) is 48.1 Å². The minimum absolute atomic E-state index is 0. The molecule has 8 aromatic rings. The third kappa shape index (κ3) is 9.07. The van der Waals surface area contributed by atoms with E-state index in [2.05, 4.69) is 238 Å². The standard InChI is InChI=1S/C62H65N4O.Pt/c1-58(2,3)44-30-33-53-52(38-44)51-32-31-50(40-54(51)66(53)55-29-20-21-34-63-55)67-49-28-22-27-47(39-49)64-41-65(57(60(7,8)9)56(64)59(4,5)6)48-36-45(61(10,11)42-23-16-14-17-24-42)35-46(37-48)62(12,13)43-25-18-15-19-26-43;/h14-38,41H,1-13H3;/q-3;. The quantitative estimate of drug-likeness (QED) is 0.135. The molecule has 0 N–H and O–H groups in total. The minimum Gasteiger partial charge on any atom is -0.509 e. The Labute approximate surface area is 420 Å². The van der Waals surface area contributed by atoms with E-state index in [-0.39, 0.29) is 48.1 Å². The van der Waals surface area contributed by atoms with E-state index in [1.165, 1.54) is 44.6 Å². The Balaban J connectivity index is 0.00000625. The molecule has 6 aromatic carbocycles. The first-order chi connectivity index (χ1) is 31.6. The molecule has 68 heavy (non-hydrogen) atoms. The molecule has 6 heteroatoms. The second-order valence-corrected chi connectivity index (χ2v) is 22.4. The first-order valence-corrected chi connectivity index (χ1v) is 23.7. The maximum Gasteiger partial charge on any atom is 0.135 e. The van der Waals surface area contributed by atoms with E-state index in [4.69, 9.17) is 9.72 Å². The maximum atomic E-state index is 6.75. The van der Waals surface area contributed by atoms with Gasteiger partial charge in [0, 0.05) is 83.0 Å². The van der Waals surface area contributed by atoms with Gasteiger partial charge in [0.15, 0.2) is 0 Å². The minimum atomic E-state index is -0.266. The van der Waals surface area contributed by atoms with E-state index in [1.807, 2.05) is 36.5 Å². The van der Waals surface area contributed by atoms with Crippen LogP contribution in [-0.4, -0.2) is 9.55 Å². The first-order valence-electron chi connectivity index (χ1n) is 23.7. The maximum absolute atomic E-state index is 6.75. The van der Waals surface area contributed by atoms with Gasteiger partial charge in [0.25, 0.3) is 0 Å². The van der Waals surface area contributed by atoms with Crippen molar-refractivity contribution in [2.24, 2.45) is 10.8 Å². The molecule has 0 fully saturated rings. The van der Waals surface area contributed by atoms with Crippen molar-refractivity contribution in [3.8, 4) is 17.3 Å². The summed E-state index contributed by atoms with van der Waals surface area (Å²) in [6, 6.07) is 59.6. The van der Waals surface area contributed by atoms with Crippen LogP contribution in [-0.2, 0) is 37.3 Å². The molecule has 2 aromatic heterocycles. The molecule has 1 aliphatic heterocycles. The molecule has 352 valence electrons. The predicted molar refractivity (Wildman–Crippen MR) is 280 cm³/mol. The molecule has 0 saturated heterocycles. The zero-order valence-electron chi connectivity index (χ0n) is 42.0. The van der Waals surface area contributed by atoms with Gasteiger partial charge in [0.1, 0.15) is 5.82 Å². The molecule has 1 aliphatic rings. The van der Waals surface area contributed by atoms with Crippen LogP contribution in [0.25, 0.3) is 27.6 Å². The van der Waals surface area contributed by atoms with Gasteiger partial charge >= 0.3 is 0 Å². The summed E-state index contributed by atoms with van der Waals surface area (Å²) in [5, 5.41) is 2.27. The number of pyridine rings is 1. The molecular weight excluding hydrogens is 1010 g/mol. The van der Waals surface area contributed by atoms with Gasteiger partial charge in [-0.3, -0.25) is 0 Å². The fraction of sp³-hybridized carbons (Fsp3) is 0.290. The number of benzene rings is 6. The number of hydrogen-bond donors (Lipinski definition) is 0. The van der Waals surface area contributed by atoms with Crippen molar-refractivity contribution in [1.82, 2.24) is 9.55 Å². The average Bonchev–Trinajstić information content (AvgIpc) is 3.87. The molecule has 3 heterocycles. The zero-order valence-corrected chi connectivity index (χ0v) is 44.3. The fourth-order valence-corrected chi connectivity index (χ4v) is 9.71. The summed E-state index contributed by atoms with van der Waals surface area (Å²) < 4.78 is 8.94. The van der Waals surface area contributed by atoms with E-state index in [0.29, 0.717) is 11.5 Å².